The molecule has 0 radical (unpaired) electrons. The van der Waals surface area contributed by atoms with Crippen LogP contribution in [0.4, 0.5) is 5.69 Å². The third-order valence-electron chi connectivity index (χ3n) is 3.43. The molecule has 0 saturated carbocycles. The molecule has 1 aliphatic rings. The van der Waals surface area contributed by atoms with E-state index in [1.165, 1.54) is 0 Å². The summed E-state index contributed by atoms with van der Waals surface area (Å²) in [5, 5.41) is 21.3. The number of amidine groups is 1. The number of nitrogens with two attached hydrogens (primary N) is 1. The highest BCUT2D eigenvalue weighted by Gasteiger charge is 2.26. The predicted octanol–water partition coefficient (Wildman–Crippen LogP) is 1.05. The van der Waals surface area contributed by atoms with Crippen LogP contribution in [0.15, 0.2) is 23.4 Å². The maximum Gasteiger partial charge on any atom is 0.172 e. The van der Waals surface area contributed by atoms with Gasteiger partial charge in [-0.25, -0.2) is 0 Å². The molecule has 98 valence electrons. The molecule has 1 unspecified atom stereocenters. The van der Waals surface area contributed by atoms with Crippen molar-refractivity contribution >= 4 is 11.5 Å². The SMILES string of the molecule is Cc1ccc(C(N)=NO)c(N2CCCC2CO)c1. The highest BCUT2D eigenvalue weighted by atomic mass is 16.4. The van der Waals surface area contributed by atoms with Crippen molar-refractivity contribution in [2.75, 3.05) is 18.1 Å². The summed E-state index contributed by atoms with van der Waals surface area (Å²) in [5.41, 5.74) is 8.47. The van der Waals surface area contributed by atoms with Crippen molar-refractivity contribution in [1.82, 2.24) is 0 Å². The van der Waals surface area contributed by atoms with Gasteiger partial charge in [0.1, 0.15) is 0 Å². The minimum atomic E-state index is 0.105. The quantitative estimate of drug-likeness (QED) is 0.324. The van der Waals surface area contributed by atoms with Crippen LogP contribution in [0.1, 0.15) is 24.0 Å². The molecule has 1 aromatic carbocycles. The van der Waals surface area contributed by atoms with E-state index in [9.17, 15) is 5.11 Å². The molecule has 1 aliphatic heterocycles. The molecule has 2 rings (SSSR count). The zero-order chi connectivity index (χ0) is 13.1. The molecule has 0 aromatic heterocycles. The Bertz CT molecular complexity index is 460. The Morgan fingerprint density at radius 1 is 1.56 bits per heavy atom. The van der Waals surface area contributed by atoms with E-state index in [2.05, 4.69) is 10.1 Å². The summed E-state index contributed by atoms with van der Waals surface area (Å²) in [5.74, 6) is 0.105. The summed E-state index contributed by atoms with van der Waals surface area (Å²) in [6.45, 7) is 3.02. The Kier molecular flexibility index (Phi) is 3.72. The van der Waals surface area contributed by atoms with Gasteiger partial charge >= 0.3 is 0 Å². The third-order valence-corrected chi connectivity index (χ3v) is 3.43. The third kappa shape index (κ3) is 2.26. The monoisotopic (exact) mass is 249 g/mol. The second-order valence-electron chi connectivity index (χ2n) is 4.68. The lowest BCUT2D eigenvalue weighted by Gasteiger charge is -2.27. The number of oxime groups is 1. The van der Waals surface area contributed by atoms with Gasteiger partial charge in [0.15, 0.2) is 5.84 Å². The summed E-state index contributed by atoms with van der Waals surface area (Å²) in [7, 11) is 0. The van der Waals surface area contributed by atoms with E-state index in [1.807, 2.05) is 25.1 Å². The first-order chi connectivity index (χ1) is 8.67. The van der Waals surface area contributed by atoms with E-state index in [0.717, 1.165) is 30.6 Å². The van der Waals surface area contributed by atoms with Crippen LogP contribution in [-0.2, 0) is 0 Å². The molecule has 1 heterocycles. The smallest absolute Gasteiger partial charge is 0.172 e. The molecule has 1 atom stereocenters. The molecule has 1 fully saturated rings. The molecule has 18 heavy (non-hydrogen) atoms. The minimum absolute atomic E-state index is 0.105. The molecule has 1 aromatic rings. The first-order valence-electron chi connectivity index (χ1n) is 6.13. The fraction of sp³-hybridized carbons (Fsp3) is 0.462. The van der Waals surface area contributed by atoms with E-state index in [-0.39, 0.29) is 18.5 Å². The van der Waals surface area contributed by atoms with Gasteiger partial charge in [0.05, 0.1) is 12.6 Å². The lowest BCUT2D eigenvalue weighted by atomic mass is 10.1. The number of hydrogen-bond acceptors (Lipinski definition) is 4. The number of nitrogens with zero attached hydrogens (tertiary/aromatic N) is 2. The Labute approximate surface area is 107 Å². The van der Waals surface area contributed by atoms with Gasteiger partial charge in [-0.15, -0.1) is 0 Å². The highest BCUT2D eigenvalue weighted by Crippen LogP contribution is 2.29. The van der Waals surface area contributed by atoms with Crippen molar-refractivity contribution in [3.05, 3.63) is 29.3 Å². The fourth-order valence-electron chi connectivity index (χ4n) is 2.49. The normalized spacial score (nSPS) is 20.4. The Hall–Kier alpha value is -1.75. The van der Waals surface area contributed by atoms with Crippen molar-refractivity contribution in [2.24, 2.45) is 10.9 Å². The van der Waals surface area contributed by atoms with Crippen LogP contribution in [0.5, 0.6) is 0 Å². The van der Waals surface area contributed by atoms with Gasteiger partial charge in [-0.1, -0.05) is 11.2 Å². The average Bonchev–Trinajstić information content (AvgIpc) is 2.85. The number of aryl methyl sites for hydroxylation is 1. The molecule has 0 aliphatic carbocycles. The van der Waals surface area contributed by atoms with Gasteiger partial charge in [-0.2, -0.15) is 0 Å². The Morgan fingerprint density at radius 3 is 3.00 bits per heavy atom. The molecule has 0 spiro atoms. The second kappa shape index (κ2) is 5.27. The molecule has 5 nitrogen and oxygen atoms in total. The number of benzene rings is 1. The zero-order valence-electron chi connectivity index (χ0n) is 10.5. The Balaban J connectivity index is 2.44. The molecule has 0 amide bonds. The molecular weight excluding hydrogens is 230 g/mol. The zero-order valence-corrected chi connectivity index (χ0v) is 10.5. The first kappa shape index (κ1) is 12.7. The average molecular weight is 249 g/mol. The van der Waals surface area contributed by atoms with E-state index >= 15 is 0 Å². The summed E-state index contributed by atoms with van der Waals surface area (Å²) >= 11 is 0. The number of aliphatic hydroxyl groups is 1. The van der Waals surface area contributed by atoms with Gasteiger partial charge in [-0.3, -0.25) is 0 Å². The van der Waals surface area contributed by atoms with Gasteiger partial charge < -0.3 is 20.9 Å². The van der Waals surface area contributed by atoms with Crippen LogP contribution in [0.25, 0.3) is 0 Å². The van der Waals surface area contributed by atoms with Gasteiger partial charge in [0.25, 0.3) is 0 Å². The fourth-order valence-corrected chi connectivity index (χ4v) is 2.49. The van der Waals surface area contributed by atoms with Crippen LogP contribution in [0.2, 0.25) is 0 Å². The van der Waals surface area contributed by atoms with Crippen molar-refractivity contribution < 1.29 is 10.3 Å². The number of rotatable bonds is 3. The van der Waals surface area contributed by atoms with Gasteiger partial charge in [-0.05, 0) is 37.5 Å². The lowest BCUT2D eigenvalue weighted by molar-refractivity contribution is 0.266. The van der Waals surface area contributed by atoms with Crippen LogP contribution >= 0.6 is 0 Å². The Morgan fingerprint density at radius 2 is 2.33 bits per heavy atom. The standard InChI is InChI=1S/C13H19N3O2/c1-9-4-5-11(13(14)15-18)12(7-9)16-6-2-3-10(16)8-17/h4-5,7,10,17-18H,2-3,6,8H2,1H3,(H2,14,15). The number of hydrogen-bond donors (Lipinski definition) is 3. The van der Waals surface area contributed by atoms with Crippen LogP contribution in [0.3, 0.4) is 0 Å². The second-order valence-corrected chi connectivity index (χ2v) is 4.68. The van der Waals surface area contributed by atoms with E-state index in [4.69, 9.17) is 10.9 Å². The number of anilines is 1. The van der Waals surface area contributed by atoms with Crippen LogP contribution < -0.4 is 10.6 Å². The summed E-state index contributed by atoms with van der Waals surface area (Å²) in [4.78, 5) is 2.14. The van der Waals surface area contributed by atoms with E-state index in [1.54, 1.807) is 0 Å². The highest BCUT2D eigenvalue weighted by molar-refractivity contribution is 6.02. The van der Waals surface area contributed by atoms with Crippen molar-refractivity contribution in [1.29, 1.82) is 0 Å². The largest absolute Gasteiger partial charge is 0.409 e. The topological polar surface area (TPSA) is 82.1 Å². The van der Waals surface area contributed by atoms with Gasteiger partial charge in [0.2, 0.25) is 0 Å². The lowest BCUT2D eigenvalue weighted by Crippen LogP contribution is -2.34. The molecule has 5 heteroatoms. The maximum absolute atomic E-state index is 9.40. The molecule has 4 N–H and O–H groups in total. The first-order valence-corrected chi connectivity index (χ1v) is 6.13. The van der Waals surface area contributed by atoms with Crippen molar-refractivity contribution in [2.45, 2.75) is 25.8 Å². The van der Waals surface area contributed by atoms with Gasteiger partial charge in [0, 0.05) is 17.8 Å². The predicted molar refractivity (Wildman–Crippen MR) is 71.1 cm³/mol. The summed E-state index contributed by atoms with van der Waals surface area (Å²) in [6, 6.07) is 5.92. The van der Waals surface area contributed by atoms with Crippen molar-refractivity contribution in [3.8, 4) is 0 Å². The van der Waals surface area contributed by atoms with Crippen molar-refractivity contribution in [3.63, 3.8) is 0 Å². The summed E-state index contributed by atoms with van der Waals surface area (Å²) < 4.78 is 0. The minimum Gasteiger partial charge on any atom is -0.409 e. The number of aliphatic hydroxyl groups excluding tert-OH is 1. The summed E-state index contributed by atoms with van der Waals surface area (Å²) in [6.07, 6.45) is 2.02. The maximum atomic E-state index is 9.40. The molecular formula is C13H19N3O2. The van der Waals surface area contributed by atoms with E-state index in [0.29, 0.717) is 5.56 Å². The molecule has 1 saturated heterocycles. The van der Waals surface area contributed by atoms with Crippen LogP contribution in [0, 0.1) is 6.92 Å². The van der Waals surface area contributed by atoms with E-state index < -0.39 is 0 Å². The van der Waals surface area contributed by atoms with Crippen LogP contribution in [-0.4, -0.2) is 35.3 Å². The molecule has 0 bridgehead atoms.